The lowest BCUT2D eigenvalue weighted by molar-refractivity contribution is -0.143. The fraction of sp³-hybridized carbons (Fsp3) is 0.522. The molecule has 0 aliphatic rings. The third-order valence-electron chi connectivity index (χ3n) is 5.33. The smallest absolute Gasteiger partial charge is 0.328 e. The molecule has 0 saturated heterocycles. The highest BCUT2D eigenvalue weighted by atomic mass is 16.4. The molecule has 0 fully saturated rings. The first-order chi connectivity index (χ1) is 17.1. The van der Waals surface area contributed by atoms with Gasteiger partial charge in [0.05, 0.1) is 12.6 Å². The monoisotopic (exact) mass is 508 g/mol. The minimum absolute atomic E-state index is 0.00488. The third-order valence-corrected chi connectivity index (χ3v) is 5.33. The molecule has 1 aromatic carbocycles. The first-order valence-electron chi connectivity index (χ1n) is 11.6. The number of aliphatic hydroxyl groups excluding tert-OH is 1. The van der Waals surface area contributed by atoms with Gasteiger partial charge in [0.1, 0.15) is 18.1 Å². The van der Waals surface area contributed by atoms with Crippen molar-refractivity contribution >= 4 is 29.6 Å². The number of carbonyl (C=O) groups is 5. The normalized spacial score (nSPS) is 14.1. The van der Waals surface area contributed by atoms with E-state index < -0.39 is 60.4 Å². The van der Waals surface area contributed by atoms with E-state index in [4.69, 9.17) is 22.3 Å². The first-order valence-corrected chi connectivity index (χ1v) is 11.6. The molecule has 4 atom stereocenters. The van der Waals surface area contributed by atoms with Gasteiger partial charge in [-0.05, 0) is 37.8 Å². The van der Waals surface area contributed by atoms with Crippen LogP contribution in [0.3, 0.4) is 0 Å². The van der Waals surface area contributed by atoms with Crippen LogP contribution >= 0.6 is 0 Å². The summed E-state index contributed by atoms with van der Waals surface area (Å²) >= 11 is 0. The highest BCUT2D eigenvalue weighted by molar-refractivity contribution is 5.94. The molecule has 0 aliphatic carbocycles. The summed E-state index contributed by atoms with van der Waals surface area (Å²) in [6.07, 6.45) is 1.19. The average molecular weight is 509 g/mol. The van der Waals surface area contributed by atoms with Crippen LogP contribution in [0.1, 0.15) is 37.7 Å². The van der Waals surface area contributed by atoms with Crippen LogP contribution in [0.5, 0.6) is 0 Å². The van der Waals surface area contributed by atoms with Gasteiger partial charge in [-0.15, -0.1) is 0 Å². The van der Waals surface area contributed by atoms with Crippen molar-refractivity contribution in [2.24, 2.45) is 17.2 Å². The van der Waals surface area contributed by atoms with Gasteiger partial charge in [-0.3, -0.25) is 19.2 Å². The number of aliphatic hydroxyl groups is 1. The predicted octanol–water partition coefficient (Wildman–Crippen LogP) is -2.52. The van der Waals surface area contributed by atoms with Gasteiger partial charge >= 0.3 is 5.97 Å². The molecule has 0 bridgehead atoms. The quantitative estimate of drug-likeness (QED) is 0.103. The van der Waals surface area contributed by atoms with E-state index in [1.165, 1.54) is 0 Å². The Morgan fingerprint density at radius 1 is 0.833 bits per heavy atom. The number of unbranched alkanes of at least 4 members (excludes halogenated alkanes) is 1. The van der Waals surface area contributed by atoms with Crippen LogP contribution < -0.4 is 33.2 Å². The second kappa shape index (κ2) is 16.2. The third kappa shape index (κ3) is 11.3. The van der Waals surface area contributed by atoms with Gasteiger partial charge in [0.25, 0.3) is 0 Å². The van der Waals surface area contributed by atoms with Crippen LogP contribution in [0.15, 0.2) is 30.3 Å². The number of aliphatic carboxylic acids is 1. The second-order valence-electron chi connectivity index (χ2n) is 8.29. The molecule has 13 nitrogen and oxygen atoms in total. The molecule has 0 heterocycles. The SMILES string of the molecule is NCCCCC(NC(=O)C(N)CCC(N)=O)C(=O)NC(Cc1ccccc1)C(=O)NC(CO)C(=O)O. The largest absolute Gasteiger partial charge is 0.480 e. The molecule has 0 spiro atoms. The van der Waals surface area contributed by atoms with Crippen molar-refractivity contribution in [2.75, 3.05) is 13.2 Å². The lowest BCUT2D eigenvalue weighted by Crippen LogP contribution is -2.58. The number of primary amides is 1. The van der Waals surface area contributed by atoms with E-state index in [0.717, 1.165) is 0 Å². The molecule has 1 aromatic rings. The zero-order valence-corrected chi connectivity index (χ0v) is 20.0. The van der Waals surface area contributed by atoms with Gasteiger partial charge in [-0.1, -0.05) is 30.3 Å². The highest BCUT2D eigenvalue weighted by Crippen LogP contribution is 2.07. The van der Waals surface area contributed by atoms with E-state index in [0.29, 0.717) is 24.9 Å². The number of nitrogens with one attached hydrogen (secondary N) is 3. The molecule has 11 N–H and O–H groups in total. The Kier molecular flexibility index (Phi) is 13.7. The van der Waals surface area contributed by atoms with Crippen LogP contribution in [0, 0.1) is 0 Å². The number of hydrogen-bond acceptors (Lipinski definition) is 8. The van der Waals surface area contributed by atoms with Crippen molar-refractivity contribution in [3.63, 3.8) is 0 Å². The Bertz CT molecular complexity index is 883. The number of benzene rings is 1. The summed E-state index contributed by atoms with van der Waals surface area (Å²) in [5, 5.41) is 25.7. The standard InChI is InChI=1S/C23H36N6O7/c24-11-5-4-8-16(27-20(32)15(25)9-10-19(26)31)21(33)28-17(12-14-6-2-1-3-7-14)22(34)29-18(13-30)23(35)36/h1-3,6-7,15-18,30H,4-5,8-13,24-25H2,(H2,26,31)(H,27,32)(H,28,33)(H,29,34)(H,35,36). The van der Waals surface area contributed by atoms with E-state index in [2.05, 4.69) is 16.0 Å². The van der Waals surface area contributed by atoms with Gasteiger partial charge < -0.3 is 43.4 Å². The number of rotatable bonds is 17. The highest BCUT2D eigenvalue weighted by Gasteiger charge is 2.30. The lowest BCUT2D eigenvalue weighted by atomic mass is 10.0. The fourth-order valence-corrected chi connectivity index (χ4v) is 3.26. The molecule has 0 aromatic heterocycles. The Morgan fingerprint density at radius 2 is 1.42 bits per heavy atom. The number of nitrogens with two attached hydrogens (primary N) is 3. The molecule has 4 amide bonds. The van der Waals surface area contributed by atoms with Crippen molar-refractivity contribution in [3.8, 4) is 0 Å². The van der Waals surface area contributed by atoms with Crippen molar-refractivity contribution in [1.82, 2.24) is 16.0 Å². The summed E-state index contributed by atoms with van der Waals surface area (Å²) in [5.74, 6) is -4.23. The molecule has 36 heavy (non-hydrogen) atoms. The van der Waals surface area contributed by atoms with Crippen LogP contribution in [0.25, 0.3) is 0 Å². The number of amides is 4. The summed E-state index contributed by atoms with van der Waals surface area (Å²) in [6, 6.07) is 3.80. The maximum absolute atomic E-state index is 13.1. The number of carbonyl (C=O) groups excluding carboxylic acids is 4. The molecular formula is C23H36N6O7. The van der Waals surface area contributed by atoms with Gasteiger partial charge in [0.15, 0.2) is 0 Å². The zero-order chi connectivity index (χ0) is 27.1. The molecule has 4 unspecified atom stereocenters. The first kappa shape index (κ1) is 30.5. The predicted molar refractivity (Wildman–Crippen MR) is 130 cm³/mol. The van der Waals surface area contributed by atoms with Crippen LogP contribution in [0.4, 0.5) is 0 Å². The molecule has 0 radical (unpaired) electrons. The van der Waals surface area contributed by atoms with Crippen LogP contribution in [0.2, 0.25) is 0 Å². The zero-order valence-electron chi connectivity index (χ0n) is 20.0. The summed E-state index contributed by atoms with van der Waals surface area (Å²) in [5.41, 5.74) is 17.1. The Hall–Kier alpha value is -3.55. The maximum Gasteiger partial charge on any atom is 0.328 e. The Morgan fingerprint density at radius 3 is 1.97 bits per heavy atom. The summed E-state index contributed by atoms with van der Waals surface area (Å²) in [7, 11) is 0. The van der Waals surface area contributed by atoms with Gasteiger partial charge in [0, 0.05) is 12.8 Å². The lowest BCUT2D eigenvalue weighted by Gasteiger charge is -2.25. The van der Waals surface area contributed by atoms with Crippen molar-refractivity contribution in [1.29, 1.82) is 0 Å². The molecule has 1 rings (SSSR count). The molecule has 13 heteroatoms. The average Bonchev–Trinajstić information content (AvgIpc) is 2.84. The minimum atomic E-state index is -1.56. The maximum atomic E-state index is 13.1. The van der Waals surface area contributed by atoms with E-state index >= 15 is 0 Å². The number of carboxylic acids is 1. The molecule has 0 aliphatic heterocycles. The number of carboxylic acid groups (broad SMARTS) is 1. The van der Waals surface area contributed by atoms with E-state index in [-0.39, 0.29) is 25.7 Å². The summed E-state index contributed by atoms with van der Waals surface area (Å²) < 4.78 is 0. The summed E-state index contributed by atoms with van der Waals surface area (Å²) in [6.45, 7) is -0.467. The number of hydrogen-bond donors (Lipinski definition) is 8. The fourth-order valence-electron chi connectivity index (χ4n) is 3.26. The molecular weight excluding hydrogens is 472 g/mol. The van der Waals surface area contributed by atoms with Crippen molar-refractivity contribution in [3.05, 3.63) is 35.9 Å². The molecule has 200 valence electrons. The van der Waals surface area contributed by atoms with Gasteiger partial charge in [0.2, 0.25) is 23.6 Å². The van der Waals surface area contributed by atoms with Gasteiger partial charge in [-0.25, -0.2) is 4.79 Å². The van der Waals surface area contributed by atoms with Crippen LogP contribution in [-0.4, -0.2) is 77.1 Å². The second-order valence-corrected chi connectivity index (χ2v) is 8.29. The van der Waals surface area contributed by atoms with E-state index in [1.54, 1.807) is 30.3 Å². The van der Waals surface area contributed by atoms with Crippen molar-refractivity contribution in [2.45, 2.75) is 62.7 Å². The van der Waals surface area contributed by atoms with E-state index in [1.807, 2.05) is 0 Å². The van der Waals surface area contributed by atoms with Gasteiger partial charge in [-0.2, -0.15) is 0 Å². The minimum Gasteiger partial charge on any atom is -0.480 e. The summed E-state index contributed by atoms with van der Waals surface area (Å²) in [4.78, 5) is 60.7. The Balaban J connectivity index is 3.04. The van der Waals surface area contributed by atoms with Crippen LogP contribution in [-0.2, 0) is 30.4 Å². The van der Waals surface area contributed by atoms with Crippen molar-refractivity contribution < 1.29 is 34.2 Å². The molecule has 0 saturated carbocycles. The topological polar surface area (TPSA) is 240 Å². The Labute approximate surface area is 209 Å². The van der Waals surface area contributed by atoms with E-state index in [9.17, 15) is 29.1 Å².